The molecule has 2 amide bonds. The zero-order valence-corrected chi connectivity index (χ0v) is 29.9. The van der Waals surface area contributed by atoms with Crippen molar-refractivity contribution < 1.29 is 24.5 Å². The van der Waals surface area contributed by atoms with E-state index < -0.39 is 0 Å². The second kappa shape index (κ2) is 13.3. The monoisotopic (exact) mass is 672 g/mol. The number of hydrogen-bond acceptors (Lipinski definition) is 6. The van der Waals surface area contributed by atoms with Gasteiger partial charge in [0.25, 0.3) is 0 Å². The molecule has 264 valence electrons. The Morgan fingerprint density at radius 3 is 1.35 bits per heavy atom. The van der Waals surface area contributed by atoms with E-state index in [4.69, 9.17) is 9.47 Å². The van der Waals surface area contributed by atoms with Crippen LogP contribution >= 0.6 is 0 Å². The van der Waals surface area contributed by atoms with E-state index in [1.54, 1.807) is 28.2 Å². The van der Waals surface area contributed by atoms with Crippen LogP contribution in [0.5, 0.6) is 11.5 Å². The molecule has 2 fully saturated rings. The molecule has 11 nitrogen and oxygen atoms in total. The normalized spacial score (nSPS) is 18.4. The summed E-state index contributed by atoms with van der Waals surface area (Å²) in [7, 11) is 11.2. The lowest BCUT2D eigenvalue weighted by Gasteiger charge is -2.35. The van der Waals surface area contributed by atoms with E-state index in [1.807, 2.05) is 24.3 Å². The van der Waals surface area contributed by atoms with Crippen molar-refractivity contribution in [3.05, 3.63) is 58.9 Å². The van der Waals surface area contributed by atoms with Crippen LogP contribution in [-0.4, -0.2) is 91.0 Å². The number of carbonyl (C=O) groups is 2. The number of ether oxygens (including phenoxy) is 2. The highest BCUT2D eigenvalue weighted by molar-refractivity contribution is 5.90. The van der Waals surface area contributed by atoms with Crippen LogP contribution in [0.3, 0.4) is 0 Å². The second-order valence-electron chi connectivity index (χ2n) is 14.7. The van der Waals surface area contributed by atoms with Crippen LogP contribution in [-0.2, 0) is 37.8 Å². The van der Waals surface area contributed by atoms with Crippen molar-refractivity contribution in [1.82, 2.24) is 29.6 Å². The van der Waals surface area contributed by atoms with Crippen LogP contribution in [0.25, 0.3) is 21.8 Å². The molecule has 0 bridgehead atoms. The van der Waals surface area contributed by atoms with Gasteiger partial charge in [0.15, 0.2) is 0 Å². The fourth-order valence-electron chi connectivity index (χ4n) is 9.12. The lowest BCUT2D eigenvalue weighted by Crippen LogP contribution is -2.39. The molecule has 4 N–H and O–H groups in total. The van der Waals surface area contributed by atoms with Crippen LogP contribution in [0.4, 0.5) is 9.59 Å². The first-order valence-electron chi connectivity index (χ1n) is 17.5. The Labute approximate surface area is 288 Å². The van der Waals surface area contributed by atoms with Gasteiger partial charge in [-0.15, -0.1) is 0 Å². The Kier molecular flexibility index (Phi) is 9.47. The Bertz CT molecular complexity index is 1740. The first-order valence-corrected chi connectivity index (χ1v) is 17.5. The maximum Gasteiger partial charge on any atom is 0.414 e. The molecule has 0 saturated carbocycles. The van der Waals surface area contributed by atoms with Gasteiger partial charge in [0.2, 0.25) is 0 Å². The Morgan fingerprint density at radius 2 is 1.00 bits per heavy atom. The molecule has 2 saturated heterocycles. The summed E-state index contributed by atoms with van der Waals surface area (Å²) in [5.41, 5.74) is 9.06. The number of hydrogen-bond donors (Lipinski definition) is 2. The highest BCUT2D eigenvalue weighted by Gasteiger charge is 2.44. The third kappa shape index (κ3) is 5.95. The molecule has 0 atom stereocenters. The van der Waals surface area contributed by atoms with Crippen molar-refractivity contribution in [2.45, 2.75) is 62.2 Å². The first kappa shape index (κ1) is 34.8. The summed E-state index contributed by atoms with van der Waals surface area (Å²) in [5.74, 6) is 1.25. The van der Waals surface area contributed by atoms with Gasteiger partial charge in [-0.25, -0.2) is 9.59 Å². The molecular formula is C38H52N6O5. The number of rotatable bonds is 2. The summed E-state index contributed by atoms with van der Waals surface area (Å²) in [6.45, 7) is 4.42. The van der Waals surface area contributed by atoms with Crippen LogP contribution in [0.15, 0.2) is 36.4 Å². The Hall–Kier alpha value is -4.06. The molecule has 2 aliphatic heterocycles. The fourth-order valence-corrected chi connectivity index (χ4v) is 9.12. The van der Waals surface area contributed by atoms with Gasteiger partial charge in [0.1, 0.15) is 11.5 Å². The minimum atomic E-state index is -0.336. The van der Waals surface area contributed by atoms with Gasteiger partial charge in [0, 0.05) is 86.3 Å². The number of aromatic nitrogens is 2. The van der Waals surface area contributed by atoms with E-state index in [9.17, 15) is 9.59 Å². The van der Waals surface area contributed by atoms with Gasteiger partial charge in [0.05, 0.1) is 0 Å². The molecule has 4 aliphatic rings. The molecule has 4 heterocycles. The van der Waals surface area contributed by atoms with E-state index in [1.165, 1.54) is 92.6 Å². The number of fused-ring (bicyclic) bond motifs is 8. The third-order valence-electron chi connectivity index (χ3n) is 11.5. The van der Waals surface area contributed by atoms with E-state index in [0.717, 1.165) is 39.0 Å². The molecule has 4 aromatic rings. The predicted molar refractivity (Wildman–Crippen MR) is 193 cm³/mol. The topological polar surface area (TPSA) is 124 Å². The van der Waals surface area contributed by atoms with E-state index in [2.05, 4.69) is 46.0 Å². The molecule has 2 aliphatic carbocycles. The number of benzene rings is 2. The highest BCUT2D eigenvalue weighted by atomic mass is 16.6. The van der Waals surface area contributed by atoms with E-state index >= 15 is 0 Å². The molecule has 8 rings (SSSR count). The first-order chi connectivity index (χ1) is 23.0. The quantitative estimate of drug-likeness (QED) is 0.316. The number of carbonyl (C=O) groups excluding carboxylic acids is 2. The van der Waals surface area contributed by atoms with Crippen molar-refractivity contribution in [2.75, 3.05) is 54.4 Å². The van der Waals surface area contributed by atoms with Crippen molar-refractivity contribution in [2.24, 2.45) is 14.1 Å². The molecule has 2 aromatic carbocycles. The van der Waals surface area contributed by atoms with Crippen LogP contribution < -0.4 is 20.1 Å². The van der Waals surface area contributed by atoms with E-state index in [-0.39, 0.29) is 17.7 Å². The average Bonchev–Trinajstić information content (AvgIpc) is 3.79. The summed E-state index contributed by atoms with van der Waals surface area (Å²) in [6, 6.07) is 12.0. The number of nitrogens with one attached hydrogen (secondary N) is 2. The van der Waals surface area contributed by atoms with Gasteiger partial charge >= 0.3 is 12.2 Å². The number of nitrogens with zero attached hydrogens (tertiary/aromatic N) is 4. The molecule has 0 radical (unpaired) electrons. The van der Waals surface area contributed by atoms with Gasteiger partial charge < -0.3 is 44.5 Å². The minimum absolute atomic E-state index is 0. The highest BCUT2D eigenvalue weighted by Crippen LogP contribution is 2.50. The van der Waals surface area contributed by atoms with Gasteiger partial charge in [-0.1, -0.05) is 0 Å². The summed E-state index contributed by atoms with van der Waals surface area (Å²) >= 11 is 0. The van der Waals surface area contributed by atoms with Crippen LogP contribution in [0.2, 0.25) is 0 Å². The molecular weight excluding hydrogens is 620 g/mol. The Morgan fingerprint density at radius 1 is 0.633 bits per heavy atom. The van der Waals surface area contributed by atoms with Crippen molar-refractivity contribution in [3.63, 3.8) is 0 Å². The number of piperidine rings is 2. The largest absolute Gasteiger partial charge is 0.414 e. The molecule has 11 heteroatoms. The molecule has 49 heavy (non-hydrogen) atoms. The fraction of sp³-hybridized carbons (Fsp3) is 0.526. The molecule has 0 unspecified atom stereocenters. The van der Waals surface area contributed by atoms with Gasteiger partial charge in [-0.3, -0.25) is 0 Å². The van der Waals surface area contributed by atoms with Crippen molar-refractivity contribution in [1.29, 1.82) is 0 Å². The van der Waals surface area contributed by atoms with Gasteiger partial charge in [-0.05, 0) is 125 Å². The lowest BCUT2D eigenvalue weighted by atomic mass is 9.76. The smallest absolute Gasteiger partial charge is 0.412 e. The lowest BCUT2D eigenvalue weighted by molar-refractivity contribution is 0.171. The SMILES string of the molecule is CN(C)C(=O)Oc1ccc2c(c1)c1c(n2C)C2(CCNCC2)CC1.CN(C)C(=O)Oc1ccc2c(c1)c1c(n2C)C2(CCNCC2)CC1.O. The average molecular weight is 673 g/mol. The molecule has 2 spiro atoms. The maximum absolute atomic E-state index is 11.8. The van der Waals surface area contributed by atoms with E-state index in [0.29, 0.717) is 22.3 Å². The summed E-state index contributed by atoms with van der Waals surface area (Å²) < 4.78 is 15.7. The summed E-state index contributed by atoms with van der Waals surface area (Å²) in [4.78, 5) is 26.5. The van der Waals surface area contributed by atoms with Crippen LogP contribution in [0, 0.1) is 0 Å². The third-order valence-corrected chi connectivity index (χ3v) is 11.5. The zero-order chi connectivity index (χ0) is 33.8. The summed E-state index contributed by atoms with van der Waals surface area (Å²) in [5, 5.41) is 9.46. The molecule has 2 aromatic heterocycles. The van der Waals surface area contributed by atoms with Crippen molar-refractivity contribution >= 4 is 34.0 Å². The predicted octanol–water partition coefficient (Wildman–Crippen LogP) is 4.79. The van der Waals surface area contributed by atoms with Crippen LogP contribution in [0.1, 0.15) is 61.0 Å². The zero-order valence-electron chi connectivity index (χ0n) is 29.9. The maximum atomic E-state index is 11.8. The second-order valence-corrected chi connectivity index (χ2v) is 14.7. The minimum Gasteiger partial charge on any atom is -0.412 e. The number of aryl methyl sites for hydroxylation is 4. The standard InChI is InChI=1S/2C19H25N3O2.H2O/c2*1-21(2)18(23)24-13-4-5-16-15(12-13)14-6-7-19(17(14)22(16)3)8-10-20-11-9-19;/h2*4-5,12,20H,6-11H2,1-3H3;1H2. The Balaban J connectivity index is 0.000000167. The van der Waals surface area contributed by atoms with Gasteiger partial charge in [-0.2, -0.15) is 0 Å². The number of amides is 2. The van der Waals surface area contributed by atoms with Crippen molar-refractivity contribution in [3.8, 4) is 11.5 Å². The summed E-state index contributed by atoms with van der Waals surface area (Å²) in [6.07, 6.45) is 8.91.